The number of hydrogen-bond donors (Lipinski definition) is 0. The van der Waals surface area contributed by atoms with Gasteiger partial charge in [0.2, 0.25) is 5.91 Å². The van der Waals surface area contributed by atoms with Gasteiger partial charge in [-0.1, -0.05) is 37.3 Å². The Balaban J connectivity index is 1.46. The molecule has 0 unspecified atom stereocenters. The predicted molar refractivity (Wildman–Crippen MR) is 112 cm³/mol. The van der Waals surface area contributed by atoms with Gasteiger partial charge in [0.1, 0.15) is 11.6 Å². The average molecular weight is 389 g/mol. The zero-order valence-corrected chi connectivity index (χ0v) is 16.5. The van der Waals surface area contributed by atoms with E-state index < -0.39 is 0 Å². The third-order valence-electron chi connectivity index (χ3n) is 6.38. The normalized spacial score (nSPS) is 23.6. The molecule has 0 radical (unpaired) electrons. The van der Waals surface area contributed by atoms with E-state index in [1.165, 1.54) is 6.07 Å². The molecule has 5 heteroatoms. The Labute approximate surface area is 170 Å². The van der Waals surface area contributed by atoms with E-state index in [2.05, 4.69) is 23.1 Å². The highest BCUT2D eigenvalue weighted by atomic mass is 19.1. The number of amides is 1. The van der Waals surface area contributed by atoms with Crippen LogP contribution in [0.2, 0.25) is 0 Å². The maximum atomic E-state index is 13.9. The minimum absolute atomic E-state index is 0.0754. The molecule has 0 saturated carbocycles. The minimum Gasteiger partial charge on any atom is -0.356 e. The fourth-order valence-electron chi connectivity index (χ4n) is 5.04. The van der Waals surface area contributed by atoms with Crippen molar-refractivity contribution < 1.29 is 9.18 Å². The van der Waals surface area contributed by atoms with Crippen LogP contribution in [0.4, 0.5) is 10.2 Å². The second kappa shape index (κ2) is 7.14. The third kappa shape index (κ3) is 3.15. The summed E-state index contributed by atoms with van der Waals surface area (Å²) in [5.74, 6) is 1.52. The predicted octanol–water partition coefficient (Wildman–Crippen LogP) is 4.42. The Bertz CT molecular complexity index is 1070. The summed E-state index contributed by atoms with van der Waals surface area (Å²) < 4.78 is 13.9. The summed E-state index contributed by atoms with van der Waals surface area (Å²) in [6.07, 6.45) is 0.473. The second-order valence-electron chi connectivity index (χ2n) is 8.09. The number of likely N-dealkylation sites (tertiary alicyclic amines) is 1. The van der Waals surface area contributed by atoms with Gasteiger partial charge in [-0.2, -0.15) is 0 Å². The molecule has 3 aromatic rings. The summed E-state index contributed by atoms with van der Waals surface area (Å²) in [6, 6.07) is 19.0. The van der Waals surface area contributed by atoms with Gasteiger partial charge in [-0.05, 0) is 35.9 Å². The first kappa shape index (κ1) is 18.1. The van der Waals surface area contributed by atoms with Crippen molar-refractivity contribution in [2.45, 2.75) is 19.4 Å². The van der Waals surface area contributed by atoms with Crippen LogP contribution >= 0.6 is 0 Å². The van der Waals surface area contributed by atoms with Crippen LogP contribution in [-0.4, -0.2) is 35.4 Å². The van der Waals surface area contributed by atoms with Gasteiger partial charge in [-0.3, -0.25) is 4.79 Å². The maximum absolute atomic E-state index is 13.9. The van der Waals surface area contributed by atoms with Crippen LogP contribution in [0, 0.1) is 17.7 Å². The molecular formula is C24H24FN3O. The molecule has 0 bridgehead atoms. The molecule has 1 amide bonds. The van der Waals surface area contributed by atoms with Crippen molar-refractivity contribution in [3.63, 3.8) is 0 Å². The first-order chi connectivity index (χ1) is 14.1. The number of nitrogens with zero attached hydrogens (tertiary/aromatic N) is 3. The van der Waals surface area contributed by atoms with Crippen molar-refractivity contribution in [1.29, 1.82) is 0 Å². The zero-order valence-electron chi connectivity index (χ0n) is 16.5. The number of pyridine rings is 1. The summed E-state index contributed by atoms with van der Waals surface area (Å²) in [6.45, 7) is 4.31. The van der Waals surface area contributed by atoms with E-state index in [9.17, 15) is 9.18 Å². The van der Waals surface area contributed by atoms with Crippen molar-refractivity contribution >= 4 is 22.6 Å². The van der Waals surface area contributed by atoms with Gasteiger partial charge >= 0.3 is 0 Å². The highest BCUT2D eigenvalue weighted by Gasteiger charge is 2.49. The van der Waals surface area contributed by atoms with E-state index in [1.54, 1.807) is 12.1 Å². The zero-order chi connectivity index (χ0) is 20.0. The van der Waals surface area contributed by atoms with Crippen LogP contribution in [-0.2, 0) is 4.79 Å². The fourth-order valence-corrected chi connectivity index (χ4v) is 5.04. The average Bonchev–Trinajstić information content (AvgIpc) is 3.31. The molecule has 0 N–H and O–H groups in total. The molecule has 0 spiro atoms. The second-order valence-corrected chi connectivity index (χ2v) is 8.09. The standard InChI is InChI=1S/C24H24FN3O/c1-2-23(29)28-14-18-13-27(22-11-10-16-6-3-4-9-21(16)26-22)15-20(18)24(28)17-7-5-8-19(25)12-17/h3-12,18,20,24H,2,13-15H2,1H3/t18-,20-,24-/m0/s1. The molecule has 3 heterocycles. The number of hydrogen-bond acceptors (Lipinski definition) is 3. The van der Waals surface area contributed by atoms with Crippen LogP contribution in [0.5, 0.6) is 0 Å². The van der Waals surface area contributed by atoms with Crippen molar-refractivity contribution in [2.75, 3.05) is 24.5 Å². The smallest absolute Gasteiger partial charge is 0.222 e. The van der Waals surface area contributed by atoms with Gasteiger partial charge in [0.05, 0.1) is 11.6 Å². The molecule has 0 aliphatic carbocycles. The van der Waals surface area contributed by atoms with Gasteiger partial charge in [-0.25, -0.2) is 9.37 Å². The molecule has 3 atom stereocenters. The summed E-state index contributed by atoms with van der Waals surface area (Å²) in [4.78, 5) is 21.8. The number of carbonyl (C=O) groups excluding carboxylic acids is 1. The van der Waals surface area contributed by atoms with E-state index in [0.29, 0.717) is 12.3 Å². The quantitative estimate of drug-likeness (QED) is 0.665. The molecule has 5 rings (SSSR count). The van der Waals surface area contributed by atoms with Gasteiger partial charge in [0, 0.05) is 43.3 Å². The lowest BCUT2D eigenvalue weighted by atomic mass is 9.89. The highest BCUT2D eigenvalue weighted by molar-refractivity contribution is 5.80. The first-order valence-corrected chi connectivity index (χ1v) is 10.3. The van der Waals surface area contributed by atoms with Crippen molar-refractivity contribution in [3.05, 3.63) is 72.0 Å². The van der Waals surface area contributed by atoms with E-state index in [4.69, 9.17) is 4.98 Å². The first-order valence-electron chi connectivity index (χ1n) is 10.3. The van der Waals surface area contributed by atoms with Crippen LogP contribution in [0.1, 0.15) is 24.9 Å². The summed E-state index contributed by atoms with van der Waals surface area (Å²) >= 11 is 0. The van der Waals surface area contributed by atoms with Crippen LogP contribution in [0.25, 0.3) is 10.9 Å². The molecular weight excluding hydrogens is 365 g/mol. The lowest BCUT2D eigenvalue weighted by molar-refractivity contribution is -0.132. The Kier molecular flexibility index (Phi) is 4.46. The summed E-state index contributed by atoms with van der Waals surface area (Å²) in [7, 11) is 0. The van der Waals surface area contributed by atoms with Crippen LogP contribution in [0.15, 0.2) is 60.7 Å². The topological polar surface area (TPSA) is 36.4 Å². The highest BCUT2D eigenvalue weighted by Crippen LogP contribution is 2.46. The number of aromatic nitrogens is 1. The fraction of sp³-hybridized carbons (Fsp3) is 0.333. The van der Waals surface area contributed by atoms with E-state index in [-0.39, 0.29) is 23.7 Å². The maximum Gasteiger partial charge on any atom is 0.222 e. The number of carbonyl (C=O) groups is 1. The van der Waals surface area contributed by atoms with Crippen LogP contribution in [0.3, 0.4) is 0 Å². The van der Waals surface area contributed by atoms with Crippen LogP contribution < -0.4 is 4.90 Å². The summed E-state index contributed by atoms with van der Waals surface area (Å²) in [5.41, 5.74) is 1.89. The molecule has 2 saturated heterocycles. The van der Waals surface area contributed by atoms with Gasteiger partial charge < -0.3 is 9.80 Å². The van der Waals surface area contributed by atoms with E-state index in [1.807, 2.05) is 36.1 Å². The van der Waals surface area contributed by atoms with Gasteiger partial charge in [0.15, 0.2) is 0 Å². The van der Waals surface area contributed by atoms with Crippen molar-refractivity contribution in [1.82, 2.24) is 9.88 Å². The molecule has 2 aliphatic heterocycles. The number of anilines is 1. The van der Waals surface area contributed by atoms with Gasteiger partial charge in [0.25, 0.3) is 0 Å². The van der Waals surface area contributed by atoms with E-state index in [0.717, 1.165) is 41.9 Å². The SMILES string of the molecule is CCC(=O)N1C[C@@H]2CN(c3ccc4ccccc4n3)C[C@@H]2[C@@H]1c1cccc(F)c1. The Morgan fingerprint density at radius 3 is 2.76 bits per heavy atom. The molecule has 1 aromatic heterocycles. The third-order valence-corrected chi connectivity index (χ3v) is 6.38. The number of benzene rings is 2. The molecule has 148 valence electrons. The molecule has 2 fully saturated rings. The van der Waals surface area contributed by atoms with E-state index >= 15 is 0 Å². The Morgan fingerprint density at radius 1 is 1.07 bits per heavy atom. The number of halogens is 1. The monoisotopic (exact) mass is 389 g/mol. The largest absolute Gasteiger partial charge is 0.356 e. The Morgan fingerprint density at radius 2 is 1.93 bits per heavy atom. The minimum atomic E-state index is -0.249. The molecule has 2 aliphatic rings. The van der Waals surface area contributed by atoms with Crippen molar-refractivity contribution in [2.24, 2.45) is 11.8 Å². The number of para-hydroxylation sites is 1. The molecule has 29 heavy (non-hydrogen) atoms. The lowest BCUT2D eigenvalue weighted by Crippen LogP contribution is -2.35. The summed E-state index contributed by atoms with van der Waals surface area (Å²) in [5, 5.41) is 1.13. The number of rotatable bonds is 3. The number of fused-ring (bicyclic) bond motifs is 2. The Hall–Kier alpha value is -2.95. The molecule has 2 aromatic carbocycles. The molecule has 4 nitrogen and oxygen atoms in total. The van der Waals surface area contributed by atoms with Crippen molar-refractivity contribution in [3.8, 4) is 0 Å². The lowest BCUT2D eigenvalue weighted by Gasteiger charge is -2.30. The van der Waals surface area contributed by atoms with Gasteiger partial charge in [-0.15, -0.1) is 0 Å².